The number of aromatic nitrogens is 2. The third kappa shape index (κ3) is 5.00. The summed E-state index contributed by atoms with van der Waals surface area (Å²) in [6.45, 7) is 6.61. The Bertz CT molecular complexity index is 1290. The largest absolute Gasteiger partial charge is 0.350 e. The molecule has 2 N–H and O–H groups in total. The van der Waals surface area contributed by atoms with Crippen molar-refractivity contribution < 1.29 is 18.8 Å². The highest BCUT2D eigenvalue weighted by Gasteiger charge is 2.48. The van der Waals surface area contributed by atoms with E-state index in [1.54, 1.807) is 23.6 Å². The lowest BCUT2D eigenvalue weighted by molar-refractivity contribution is -0.133. The number of benzene rings is 2. The molecule has 36 heavy (non-hydrogen) atoms. The van der Waals surface area contributed by atoms with Gasteiger partial charge >= 0.3 is 0 Å². The van der Waals surface area contributed by atoms with Gasteiger partial charge in [-0.2, -0.15) is 0 Å². The molecule has 0 unspecified atom stereocenters. The number of carbonyl (C=O) groups is 3. The van der Waals surface area contributed by atoms with Gasteiger partial charge in [-0.25, -0.2) is 9.37 Å². The lowest BCUT2D eigenvalue weighted by atomic mass is 9.93. The molecule has 1 aromatic heterocycles. The molecule has 0 aliphatic carbocycles. The first-order valence-electron chi connectivity index (χ1n) is 12.0. The zero-order chi connectivity index (χ0) is 25.9. The van der Waals surface area contributed by atoms with Crippen LogP contribution >= 0.6 is 0 Å². The lowest BCUT2D eigenvalue weighted by Gasteiger charge is -2.43. The van der Waals surface area contributed by atoms with Crippen LogP contribution in [0.4, 0.5) is 4.39 Å². The van der Waals surface area contributed by atoms with Crippen LogP contribution in [-0.2, 0) is 24.4 Å². The van der Waals surface area contributed by atoms with Crippen molar-refractivity contribution in [1.29, 1.82) is 0 Å². The molecule has 2 aromatic carbocycles. The maximum atomic E-state index is 13.6. The van der Waals surface area contributed by atoms with Crippen molar-refractivity contribution in [3.05, 3.63) is 88.8 Å². The van der Waals surface area contributed by atoms with E-state index in [9.17, 15) is 18.8 Å². The average Bonchev–Trinajstić information content (AvgIpc) is 3.28. The molecule has 0 spiro atoms. The Balaban J connectivity index is 1.53. The van der Waals surface area contributed by atoms with Gasteiger partial charge in [0.1, 0.15) is 17.1 Å². The molecule has 9 heteroatoms. The van der Waals surface area contributed by atoms with Crippen LogP contribution in [0.2, 0.25) is 0 Å². The van der Waals surface area contributed by atoms with Gasteiger partial charge in [-0.05, 0) is 43.5 Å². The fraction of sp³-hybridized carbons (Fsp3) is 0.333. The van der Waals surface area contributed by atoms with Crippen molar-refractivity contribution in [1.82, 2.24) is 25.1 Å². The molecule has 0 saturated heterocycles. The molecule has 3 aromatic rings. The number of aryl methyl sites for hydroxylation is 1. The van der Waals surface area contributed by atoms with E-state index in [1.807, 2.05) is 38.1 Å². The fourth-order valence-corrected chi connectivity index (χ4v) is 4.42. The monoisotopic (exact) mass is 491 g/mol. The summed E-state index contributed by atoms with van der Waals surface area (Å²) in [5.41, 5.74) is 1.66. The van der Waals surface area contributed by atoms with E-state index >= 15 is 0 Å². The summed E-state index contributed by atoms with van der Waals surface area (Å²) in [5, 5.41) is 5.67. The molecule has 188 valence electrons. The number of nitrogens with one attached hydrogen (secondary N) is 2. The van der Waals surface area contributed by atoms with Crippen LogP contribution in [0.25, 0.3) is 0 Å². The molecule has 3 amide bonds. The molecule has 2 heterocycles. The number of fused-ring (bicyclic) bond motifs is 1. The average molecular weight is 492 g/mol. The quantitative estimate of drug-likeness (QED) is 0.506. The van der Waals surface area contributed by atoms with Gasteiger partial charge in [0.05, 0.1) is 12.9 Å². The minimum Gasteiger partial charge on any atom is -0.350 e. The van der Waals surface area contributed by atoms with Gasteiger partial charge in [0.2, 0.25) is 5.91 Å². The maximum Gasteiger partial charge on any atom is 0.273 e. The first kappa shape index (κ1) is 25.1. The van der Waals surface area contributed by atoms with E-state index in [4.69, 9.17) is 0 Å². The Morgan fingerprint density at radius 2 is 1.81 bits per heavy atom. The van der Waals surface area contributed by atoms with Crippen molar-refractivity contribution in [2.45, 2.75) is 52.4 Å². The van der Waals surface area contributed by atoms with Crippen molar-refractivity contribution in [3.8, 4) is 0 Å². The van der Waals surface area contributed by atoms with Crippen LogP contribution in [0.15, 0.2) is 54.9 Å². The van der Waals surface area contributed by atoms with Crippen LogP contribution in [-0.4, -0.2) is 44.3 Å². The maximum absolute atomic E-state index is 13.6. The number of hydrogen-bond donors (Lipinski definition) is 2. The number of rotatable bonds is 8. The summed E-state index contributed by atoms with van der Waals surface area (Å²) < 4.78 is 15.0. The van der Waals surface area contributed by atoms with Gasteiger partial charge in [-0.3, -0.25) is 14.4 Å². The third-order valence-electron chi connectivity index (χ3n) is 6.43. The van der Waals surface area contributed by atoms with E-state index < -0.39 is 23.2 Å². The first-order chi connectivity index (χ1) is 17.2. The van der Waals surface area contributed by atoms with Gasteiger partial charge < -0.3 is 20.1 Å². The number of halogens is 1. The van der Waals surface area contributed by atoms with Gasteiger partial charge in [0.15, 0.2) is 5.69 Å². The number of nitrogens with zero attached hydrogens (tertiary/aromatic N) is 3. The molecule has 0 radical (unpaired) electrons. The van der Waals surface area contributed by atoms with Crippen LogP contribution in [0.3, 0.4) is 0 Å². The standard InChI is InChI=1S/C27H30FN5O3/c1-4-12-33-25(35)23-22(24(34)29-15-20-6-5-7-21(28)13-20)31-17-32(23)16-27(33,3)26(36)30-14-19-10-8-18(2)9-11-19/h5-11,13,17H,4,12,14-16H2,1-3H3,(H,29,34)(H,30,36)/t27-/m1/s1. The second-order valence-electron chi connectivity index (χ2n) is 9.28. The van der Waals surface area contributed by atoms with Crippen molar-refractivity contribution in [2.24, 2.45) is 0 Å². The summed E-state index contributed by atoms with van der Waals surface area (Å²) in [6.07, 6.45) is 2.06. The van der Waals surface area contributed by atoms with Crippen LogP contribution in [0.5, 0.6) is 0 Å². The SMILES string of the molecule is CCCN1C(=O)c2c(C(=O)NCc3cccc(F)c3)ncn2C[C@]1(C)C(=O)NCc1ccc(C)cc1. The number of carbonyl (C=O) groups excluding carboxylic acids is 3. The molecule has 0 bridgehead atoms. The molecule has 8 nitrogen and oxygen atoms in total. The number of imidazole rings is 1. The van der Waals surface area contributed by atoms with Gasteiger partial charge in [-0.1, -0.05) is 48.9 Å². The van der Waals surface area contributed by atoms with Crippen LogP contribution in [0.1, 0.15) is 57.9 Å². The van der Waals surface area contributed by atoms with Gasteiger partial charge in [0, 0.05) is 19.6 Å². The van der Waals surface area contributed by atoms with Gasteiger partial charge in [-0.15, -0.1) is 0 Å². The van der Waals surface area contributed by atoms with Crippen LogP contribution in [0, 0.1) is 12.7 Å². The van der Waals surface area contributed by atoms with E-state index in [0.29, 0.717) is 25.1 Å². The summed E-state index contributed by atoms with van der Waals surface area (Å²) in [4.78, 5) is 45.6. The van der Waals surface area contributed by atoms with Gasteiger partial charge in [0.25, 0.3) is 11.8 Å². The van der Waals surface area contributed by atoms with E-state index in [-0.39, 0.29) is 30.4 Å². The van der Waals surface area contributed by atoms with E-state index in [1.165, 1.54) is 23.4 Å². The second-order valence-corrected chi connectivity index (χ2v) is 9.28. The smallest absolute Gasteiger partial charge is 0.273 e. The highest BCUT2D eigenvalue weighted by Crippen LogP contribution is 2.29. The molecule has 4 rings (SSSR count). The predicted octanol–water partition coefficient (Wildman–Crippen LogP) is 3.20. The van der Waals surface area contributed by atoms with E-state index in [2.05, 4.69) is 15.6 Å². The summed E-state index contributed by atoms with van der Waals surface area (Å²) in [5.74, 6) is -1.64. The van der Waals surface area contributed by atoms with Crippen molar-refractivity contribution in [3.63, 3.8) is 0 Å². The molecular formula is C27H30FN5O3. The zero-order valence-electron chi connectivity index (χ0n) is 20.7. The highest BCUT2D eigenvalue weighted by molar-refractivity contribution is 6.07. The Kier molecular flexibility index (Phi) is 7.19. The topological polar surface area (TPSA) is 96.3 Å². The van der Waals surface area contributed by atoms with Crippen LogP contribution < -0.4 is 10.6 Å². The number of amides is 3. The molecule has 1 aliphatic heterocycles. The fourth-order valence-electron chi connectivity index (χ4n) is 4.42. The van der Waals surface area contributed by atoms with E-state index in [0.717, 1.165) is 11.1 Å². The minimum atomic E-state index is -1.15. The Hall–Kier alpha value is -4.01. The highest BCUT2D eigenvalue weighted by atomic mass is 19.1. The zero-order valence-corrected chi connectivity index (χ0v) is 20.7. The number of hydrogen-bond acceptors (Lipinski definition) is 4. The Morgan fingerprint density at radius 3 is 2.50 bits per heavy atom. The minimum absolute atomic E-state index is 0.0142. The molecular weight excluding hydrogens is 461 g/mol. The third-order valence-corrected chi connectivity index (χ3v) is 6.43. The normalized spacial score (nSPS) is 17.0. The van der Waals surface area contributed by atoms with Crippen molar-refractivity contribution >= 4 is 17.7 Å². The molecule has 0 fully saturated rings. The summed E-state index contributed by atoms with van der Waals surface area (Å²) in [6, 6.07) is 13.8. The van der Waals surface area contributed by atoms with Crippen molar-refractivity contribution in [2.75, 3.05) is 6.54 Å². The Morgan fingerprint density at radius 1 is 1.08 bits per heavy atom. The molecule has 0 saturated carbocycles. The first-order valence-corrected chi connectivity index (χ1v) is 12.0. The summed E-state index contributed by atoms with van der Waals surface area (Å²) in [7, 11) is 0. The Labute approximate surface area is 209 Å². The molecule has 1 aliphatic rings. The summed E-state index contributed by atoms with van der Waals surface area (Å²) >= 11 is 0. The molecule has 1 atom stereocenters. The second kappa shape index (κ2) is 10.3. The predicted molar refractivity (Wildman–Crippen MR) is 133 cm³/mol. The lowest BCUT2D eigenvalue weighted by Crippen LogP contribution is -2.64.